The monoisotopic (exact) mass is 427 g/mol. The molecule has 10 heteroatoms. The van der Waals surface area contributed by atoms with Crippen molar-refractivity contribution in [1.82, 2.24) is 14.2 Å². The number of rotatable bonds is 8. The van der Waals surface area contributed by atoms with Gasteiger partial charge in [-0.15, -0.1) is 0 Å². The highest BCUT2D eigenvalue weighted by Crippen LogP contribution is 2.20. The molecule has 3 heterocycles. The van der Waals surface area contributed by atoms with Crippen LogP contribution in [-0.2, 0) is 28.2 Å². The fourth-order valence-electron chi connectivity index (χ4n) is 3.11. The lowest BCUT2D eigenvalue weighted by Crippen LogP contribution is -2.40. The number of aromatic nitrogens is 1. The third-order valence-electron chi connectivity index (χ3n) is 4.73. The zero-order valence-electron chi connectivity index (χ0n) is 15.7. The Morgan fingerprint density at radius 1 is 1.39 bits per heavy atom. The van der Waals surface area contributed by atoms with E-state index in [0.29, 0.717) is 39.3 Å². The lowest BCUT2D eigenvalue weighted by Gasteiger charge is -2.25. The first-order valence-corrected chi connectivity index (χ1v) is 11.4. The first kappa shape index (κ1) is 21.0. The molecule has 2 aromatic heterocycles. The summed E-state index contributed by atoms with van der Waals surface area (Å²) in [7, 11) is -2.01. The topological polar surface area (TPSA) is 101 Å². The SMILES string of the molecule is Cn1cc(S(=O)(=O)N2CCOCC2)cc1C(=O)NCC(CO)Cc1ccsc1. The second-order valence-corrected chi connectivity index (χ2v) is 9.50. The summed E-state index contributed by atoms with van der Waals surface area (Å²) < 4.78 is 33.6. The zero-order chi connectivity index (χ0) is 20.1. The van der Waals surface area contributed by atoms with Crippen molar-refractivity contribution in [2.24, 2.45) is 13.0 Å². The Bertz CT molecular complexity index is 886. The molecule has 1 fully saturated rings. The van der Waals surface area contributed by atoms with Crippen LogP contribution in [0.25, 0.3) is 0 Å². The standard InChI is InChI=1S/C18H25N3O5S2/c1-20-11-16(28(24,25)21-3-5-26-6-4-21)9-17(20)18(23)19-10-15(12-22)8-14-2-7-27-13-14/h2,7,9,11,13,15,22H,3-6,8,10,12H2,1H3,(H,19,23). The van der Waals surface area contributed by atoms with Gasteiger partial charge in [-0.25, -0.2) is 8.42 Å². The minimum atomic E-state index is -3.65. The van der Waals surface area contributed by atoms with Gasteiger partial charge in [-0.1, -0.05) is 0 Å². The van der Waals surface area contributed by atoms with Crippen LogP contribution >= 0.6 is 11.3 Å². The molecule has 0 radical (unpaired) electrons. The number of nitrogens with one attached hydrogen (secondary N) is 1. The van der Waals surface area contributed by atoms with E-state index in [-0.39, 0.29) is 29.0 Å². The molecule has 28 heavy (non-hydrogen) atoms. The Balaban J connectivity index is 1.65. The van der Waals surface area contributed by atoms with Gasteiger partial charge >= 0.3 is 0 Å². The number of thiophene rings is 1. The highest BCUT2D eigenvalue weighted by molar-refractivity contribution is 7.89. The first-order valence-electron chi connectivity index (χ1n) is 9.06. The molecule has 0 aromatic carbocycles. The number of amides is 1. The van der Waals surface area contributed by atoms with Crippen LogP contribution in [0.1, 0.15) is 16.1 Å². The van der Waals surface area contributed by atoms with Gasteiger partial charge in [0.1, 0.15) is 10.6 Å². The molecule has 1 aliphatic rings. The van der Waals surface area contributed by atoms with E-state index in [1.165, 1.54) is 21.1 Å². The minimum Gasteiger partial charge on any atom is -0.396 e. The maximum absolute atomic E-state index is 12.8. The molecule has 1 unspecified atom stereocenters. The van der Waals surface area contributed by atoms with Crippen LogP contribution in [0.3, 0.4) is 0 Å². The number of carbonyl (C=O) groups is 1. The van der Waals surface area contributed by atoms with Crippen LogP contribution in [0.5, 0.6) is 0 Å². The van der Waals surface area contributed by atoms with Gasteiger partial charge in [0, 0.05) is 45.4 Å². The number of aliphatic hydroxyl groups is 1. The summed E-state index contributed by atoms with van der Waals surface area (Å²) >= 11 is 1.59. The number of aryl methyl sites for hydroxylation is 1. The van der Waals surface area contributed by atoms with Crippen LogP contribution in [0, 0.1) is 5.92 Å². The van der Waals surface area contributed by atoms with Crippen molar-refractivity contribution in [2.45, 2.75) is 11.3 Å². The van der Waals surface area contributed by atoms with Gasteiger partial charge in [0.25, 0.3) is 5.91 Å². The van der Waals surface area contributed by atoms with E-state index in [2.05, 4.69) is 5.32 Å². The molecule has 0 bridgehead atoms. The summed E-state index contributed by atoms with van der Waals surface area (Å²) in [4.78, 5) is 12.7. The zero-order valence-corrected chi connectivity index (χ0v) is 17.3. The highest BCUT2D eigenvalue weighted by Gasteiger charge is 2.28. The molecule has 8 nitrogen and oxygen atoms in total. The van der Waals surface area contributed by atoms with Gasteiger partial charge < -0.3 is 19.7 Å². The Morgan fingerprint density at radius 2 is 2.14 bits per heavy atom. The van der Waals surface area contributed by atoms with Crippen molar-refractivity contribution in [3.05, 3.63) is 40.3 Å². The normalized spacial score (nSPS) is 16.8. The largest absolute Gasteiger partial charge is 0.396 e. The molecule has 0 spiro atoms. The minimum absolute atomic E-state index is 0.0417. The van der Waals surface area contributed by atoms with E-state index in [0.717, 1.165) is 5.56 Å². The Kier molecular flexibility index (Phi) is 6.89. The average molecular weight is 428 g/mol. The predicted octanol–water partition coefficient (Wildman–Crippen LogP) is 0.689. The van der Waals surface area contributed by atoms with E-state index in [1.54, 1.807) is 18.4 Å². The highest BCUT2D eigenvalue weighted by atomic mass is 32.2. The quantitative estimate of drug-likeness (QED) is 0.646. The van der Waals surface area contributed by atoms with Gasteiger partial charge in [0.2, 0.25) is 10.0 Å². The molecule has 0 aliphatic carbocycles. The predicted molar refractivity (Wildman–Crippen MR) is 106 cm³/mol. The molecule has 1 atom stereocenters. The van der Waals surface area contributed by atoms with Crippen LogP contribution < -0.4 is 5.32 Å². The van der Waals surface area contributed by atoms with Crippen molar-refractivity contribution in [2.75, 3.05) is 39.5 Å². The third kappa shape index (κ3) is 4.81. The second-order valence-electron chi connectivity index (χ2n) is 6.78. The number of hydrogen-bond acceptors (Lipinski definition) is 6. The number of sulfonamides is 1. The summed E-state index contributed by atoms with van der Waals surface area (Å²) in [6.45, 7) is 1.61. The van der Waals surface area contributed by atoms with E-state index in [4.69, 9.17) is 4.74 Å². The van der Waals surface area contributed by atoms with Crippen LogP contribution in [0.4, 0.5) is 0 Å². The Labute approximate surface area is 168 Å². The van der Waals surface area contributed by atoms with Crippen molar-refractivity contribution < 1.29 is 23.1 Å². The van der Waals surface area contributed by atoms with Gasteiger partial charge in [-0.3, -0.25) is 4.79 Å². The number of ether oxygens (including phenoxy) is 1. The van der Waals surface area contributed by atoms with Gasteiger partial charge in [-0.05, 0) is 34.9 Å². The number of carbonyl (C=O) groups excluding carboxylic acids is 1. The molecule has 2 N–H and O–H groups in total. The summed E-state index contributed by atoms with van der Waals surface area (Å²) in [5, 5.41) is 16.4. The Hall–Kier alpha value is -1.72. The maximum Gasteiger partial charge on any atom is 0.267 e. The summed E-state index contributed by atoms with van der Waals surface area (Å²) in [5.41, 5.74) is 1.38. The van der Waals surface area contributed by atoms with Gasteiger partial charge in [0.15, 0.2) is 0 Å². The fourth-order valence-corrected chi connectivity index (χ4v) is 5.27. The van der Waals surface area contributed by atoms with E-state index < -0.39 is 10.0 Å². The summed E-state index contributed by atoms with van der Waals surface area (Å²) in [5.74, 6) is -0.468. The molecule has 1 saturated heterocycles. The molecule has 0 saturated carbocycles. The van der Waals surface area contributed by atoms with E-state index >= 15 is 0 Å². The van der Waals surface area contributed by atoms with E-state index in [9.17, 15) is 18.3 Å². The Morgan fingerprint density at radius 3 is 2.79 bits per heavy atom. The van der Waals surface area contributed by atoms with Crippen LogP contribution in [0.2, 0.25) is 0 Å². The molecular formula is C18H25N3O5S2. The first-order chi connectivity index (χ1) is 13.4. The molecular weight excluding hydrogens is 402 g/mol. The van der Waals surface area contributed by atoms with Crippen LogP contribution in [-0.4, -0.2) is 67.8 Å². The van der Waals surface area contributed by atoms with Crippen molar-refractivity contribution in [1.29, 1.82) is 0 Å². The molecule has 3 rings (SSSR count). The number of morpholine rings is 1. The smallest absolute Gasteiger partial charge is 0.267 e. The van der Waals surface area contributed by atoms with E-state index in [1.807, 2.05) is 16.8 Å². The lowest BCUT2D eigenvalue weighted by molar-refractivity contribution is 0.0730. The summed E-state index contributed by atoms with van der Waals surface area (Å²) in [6.07, 6.45) is 2.12. The maximum atomic E-state index is 12.8. The van der Waals surface area contributed by atoms with Crippen molar-refractivity contribution in [3.63, 3.8) is 0 Å². The number of hydrogen-bond donors (Lipinski definition) is 2. The summed E-state index contributed by atoms with van der Waals surface area (Å²) in [6, 6.07) is 3.39. The van der Waals surface area contributed by atoms with Gasteiger partial charge in [0.05, 0.1) is 13.2 Å². The fraction of sp³-hybridized carbons (Fsp3) is 0.500. The van der Waals surface area contributed by atoms with Crippen LogP contribution in [0.15, 0.2) is 34.0 Å². The molecule has 1 aliphatic heterocycles. The van der Waals surface area contributed by atoms with Crippen molar-refractivity contribution >= 4 is 27.3 Å². The molecule has 1 amide bonds. The van der Waals surface area contributed by atoms with Crippen molar-refractivity contribution in [3.8, 4) is 0 Å². The number of nitrogens with zero attached hydrogens (tertiary/aromatic N) is 2. The molecule has 154 valence electrons. The second kappa shape index (κ2) is 9.19. The number of aliphatic hydroxyl groups excluding tert-OH is 1. The lowest BCUT2D eigenvalue weighted by atomic mass is 10.0. The molecule has 2 aromatic rings. The average Bonchev–Trinajstić information content (AvgIpc) is 3.35. The van der Waals surface area contributed by atoms with Gasteiger partial charge in [-0.2, -0.15) is 15.6 Å². The third-order valence-corrected chi connectivity index (χ3v) is 7.33.